The zero-order chi connectivity index (χ0) is 27.4. The highest BCUT2D eigenvalue weighted by Gasteiger charge is 2.55. The standard InChI is InChI=1S/C29H25NO8/c1-14(31)23-18(32)12-22-29(2,27(23)34)25-19(33)11-21(37-4)24(26(25)38-22)28(35)30-13-17-16-8-6-5-7-15(16)9-10-20(17)36-3/h5-12,32-33H,13H2,1-4H3,(H,30,35)/t29-/m1/s1. The van der Waals surface area contributed by atoms with Crippen molar-refractivity contribution in [2.75, 3.05) is 14.2 Å². The highest BCUT2D eigenvalue weighted by Crippen LogP contribution is 2.56. The first-order valence-corrected chi connectivity index (χ1v) is 11.8. The monoisotopic (exact) mass is 515 g/mol. The van der Waals surface area contributed by atoms with Gasteiger partial charge in [0.2, 0.25) is 0 Å². The van der Waals surface area contributed by atoms with Crippen LogP contribution in [0.15, 0.2) is 65.6 Å². The number of ketones is 2. The number of aliphatic hydroxyl groups excluding tert-OH is 1. The highest BCUT2D eigenvalue weighted by molar-refractivity contribution is 6.25. The van der Waals surface area contributed by atoms with Crippen LogP contribution in [0.4, 0.5) is 0 Å². The summed E-state index contributed by atoms with van der Waals surface area (Å²) in [7, 11) is 2.88. The van der Waals surface area contributed by atoms with Gasteiger partial charge >= 0.3 is 0 Å². The number of fused-ring (bicyclic) bond motifs is 4. The molecule has 194 valence electrons. The van der Waals surface area contributed by atoms with Gasteiger partial charge in [0.05, 0.1) is 19.8 Å². The molecule has 2 aliphatic rings. The lowest BCUT2D eigenvalue weighted by Gasteiger charge is -2.27. The fourth-order valence-corrected chi connectivity index (χ4v) is 5.17. The number of phenolic OH excluding ortho intramolecular Hbond substituents is 1. The molecule has 9 heteroatoms. The second-order valence-electron chi connectivity index (χ2n) is 9.21. The smallest absolute Gasteiger partial charge is 0.259 e. The third-order valence-electron chi connectivity index (χ3n) is 7.08. The summed E-state index contributed by atoms with van der Waals surface area (Å²) in [5, 5.41) is 26.0. The van der Waals surface area contributed by atoms with E-state index in [0.717, 1.165) is 29.3 Å². The molecule has 0 unspecified atom stereocenters. The number of hydrogen-bond donors (Lipinski definition) is 3. The molecule has 0 fully saturated rings. The molecule has 0 saturated carbocycles. The van der Waals surface area contributed by atoms with Crippen molar-refractivity contribution in [1.29, 1.82) is 0 Å². The average Bonchev–Trinajstić information content (AvgIpc) is 3.20. The Balaban J connectivity index is 1.59. The Morgan fingerprint density at radius 2 is 1.76 bits per heavy atom. The number of ether oxygens (including phenoxy) is 3. The highest BCUT2D eigenvalue weighted by atomic mass is 16.5. The van der Waals surface area contributed by atoms with E-state index >= 15 is 0 Å². The second-order valence-corrected chi connectivity index (χ2v) is 9.21. The van der Waals surface area contributed by atoms with Crippen molar-refractivity contribution in [2.24, 2.45) is 0 Å². The van der Waals surface area contributed by atoms with Crippen molar-refractivity contribution in [1.82, 2.24) is 5.32 Å². The van der Waals surface area contributed by atoms with E-state index in [0.29, 0.717) is 5.75 Å². The third-order valence-corrected chi connectivity index (χ3v) is 7.08. The van der Waals surface area contributed by atoms with Gasteiger partial charge in [0.1, 0.15) is 45.3 Å². The van der Waals surface area contributed by atoms with Gasteiger partial charge in [0.15, 0.2) is 17.3 Å². The molecule has 0 saturated heterocycles. The Morgan fingerprint density at radius 3 is 2.45 bits per heavy atom. The molecule has 1 amide bonds. The predicted molar refractivity (Wildman–Crippen MR) is 138 cm³/mol. The molecule has 1 atom stereocenters. The molecule has 1 aliphatic heterocycles. The maximum absolute atomic E-state index is 13.6. The Labute approximate surface area is 217 Å². The van der Waals surface area contributed by atoms with Crippen LogP contribution in [-0.4, -0.2) is 41.9 Å². The number of amides is 1. The largest absolute Gasteiger partial charge is 0.507 e. The number of aliphatic hydroxyl groups is 1. The number of aromatic hydroxyl groups is 1. The number of carbonyl (C=O) groups is 3. The number of rotatable bonds is 6. The second kappa shape index (κ2) is 8.95. The molecule has 0 spiro atoms. The maximum Gasteiger partial charge on any atom is 0.259 e. The average molecular weight is 516 g/mol. The van der Waals surface area contributed by atoms with E-state index in [1.807, 2.05) is 36.4 Å². The Kier molecular flexibility index (Phi) is 5.86. The molecule has 3 N–H and O–H groups in total. The molecule has 3 aromatic carbocycles. The maximum atomic E-state index is 13.6. The number of carbonyl (C=O) groups excluding carboxylic acids is 3. The number of phenols is 1. The van der Waals surface area contributed by atoms with Crippen LogP contribution in [0.1, 0.15) is 35.3 Å². The number of benzene rings is 3. The van der Waals surface area contributed by atoms with Crippen LogP contribution in [0, 0.1) is 0 Å². The number of Topliss-reactive ketones (excluding diaryl/α,β-unsaturated/α-hetero) is 2. The van der Waals surface area contributed by atoms with Crippen LogP contribution in [0.3, 0.4) is 0 Å². The normalized spacial score (nSPS) is 17.9. The van der Waals surface area contributed by atoms with Gasteiger partial charge < -0.3 is 29.7 Å². The van der Waals surface area contributed by atoms with Crippen molar-refractivity contribution < 1.29 is 38.8 Å². The lowest BCUT2D eigenvalue weighted by molar-refractivity contribution is -0.123. The van der Waals surface area contributed by atoms with Gasteiger partial charge in [0.25, 0.3) is 5.91 Å². The molecule has 1 aliphatic carbocycles. The van der Waals surface area contributed by atoms with E-state index in [2.05, 4.69) is 5.32 Å². The molecule has 1 heterocycles. The third kappa shape index (κ3) is 3.50. The van der Waals surface area contributed by atoms with Crippen molar-refractivity contribution >= 4 is 28.2 Å². The minimum absolute atomic E-state index is 0.00805. The zero-order valence-electron chi connectivity index (χ0n) is 21.2. The first-order valence-electron chi connectivity index (χ1n) is 11.8. The molecular formula is C29H25NO8. The number of methoxy groups -OCH3 is 2. The van der Waals surface area contributed by atoms with Crippen molar-refractivity contribution in [3.05, 3.63) is 82.3 Å². The minimum Gasteiger partial charge on any atom is -0.507 e. The molecule has 9 nitrogen and oxygen atoms in total. The van der Waals surface area contributed by atoms with Crippen molar-refractivity contribution in [3.63, 3.8) is 0 Å². The van der Waals surface area contributed by atoms with Crippen molar-refractivity contribution in [3.8, 4) is 23.0 Å². The number of nitrogens with one attached hydrogen (secondary N) is 1. The molecule has 0 bridgehead atoms. The lowest BCUT2D eigenvalue weighted by Crippen LogP contribution is -2.38. The van der Waals surface area contributed by atoms with Crippen LogP contribution in [-0.2, 0) is 21.5 Å². The Hall–Kier alpha value is -4.79. The SMILES string of the molecule is COc1cc(O)c2c(c1C(=O)NCc1c(OC)ccc3ccccc13)OC1=CC(O)=C(C(C)=O)C(=O)[C@]12C. The van der Waals surface area contributed by atoms with Crippen LogP contribution in [0.25, 0.3) is 10.8 Å². The summed E-state index contributed by atoms with van der Waals surface area (Å²) in [5.74, 6) is -2.36. The van der Waals surface area contributed by atoms with Gasteiger partial charge in [-0.25, -0.2) is 0 Å². The van der Waals surface area contributed by atoms with Gasteiger partial charge in [-0.05, 0) is 30.7 Å². The summed E-state index contributed by atoms with van der Waals surface area (Å²) in [5.41, 5.74) is -1.32. The molecule has 38 heavy (non-hydrogen) atoms. The lowest BCUT2D eigenvalue weighted by atomic mass is 9.71. The van der Waals surface area contributed by atoms with E-state index in [1.54, 1.807) is 7.11 Å². The van der Waals surface area contributed by atoms with Gasteiger partial charge in [-0.3, -0.25) is 14.4 Å². The van der Waals surface area contributed by atoms with Gasteiger partial charge in [-0.15, -0.1) is 0 Å². The summed E-state index contributed by atoms with van der Waals surface area (Å²) in [6.45, 7) is 2.73. The predicted octanol–water partition coefficient (Wildman–Crippen LogP) is 4.01. The van der Waals surface area contributed by atoms with E-state index < -0.39 is 34.2 Å². The molecule has 0 radical (unpaired) electrons. The van der Waals surface area contributed by atoms with Gasteiger partial charge in [-0.2, -0.15) is 0 Å². The van der Waals surface area contributed by atoms with E-state index in [1.165, 1.54) is 20.1 Å². The van der Waals surface area contributed by atoms with Gasteiger partial charge in [-0.1, -0.05) is 30.3 Å². The Morgan fingerprint density at radius 1 is 1.05 bits per heavy atom. The fraction of sp³-hybridized carbons (Fsp3) is 0.207. The van der Waals surface area contributed by atoms with Gasteiger partial charge in [0, 0.05) is 24.3 Å². The number of allylic oxidation sites excluding steroid dienone is 3. The van der Waals surface area contributed by atoms with Crippen LogP contribution in [0.5, 0.6) is 23.0 Å². The topological polar surface area (TPSA) is 131 Å². The zero-order valence-corrected chi connectivity index (χ0v) is 21.2. The summed E-state index contributed by atoms with van der Waals surface area (Å²) in [6.07, 6.45) is 1.16. The fourth-order valence-electron chi connectivity index (χ4n) is 5.17. The summed E-state index contributed by atoms with van der Waals surface area (Å²) < 4.78 is 16.8. The van der Waals surface area contributed by atoms with Crippen LogP contribution >= 0.6 is 0 Å². The summed E-state index contributed by atoms with van der Waals surface area (Å²) in [4.78, 5) is 39.2. The first-order chi connectivity index (χ1) is 18.1. The van der Waals surface area contributed by atoms with Crippen LogP contribution < -0.4 is 19.5 Å². The Bertz CT molecular complexity index is 1620. The quantitative estimate of drug-likeness (QED) is 0.420. The molecular weight excluding hydrogens is 490 g/mol. The molecule has 0 aromatic heterocycles. The van der Waals surface area contributed by atoms with Crippen molar-refractivity contribution in [2.45, 2.75) is 25.8 Å². The van der Waals surface area contributed by atoms with E-state index in [-0.39, 0.29) is 40.7 Å². The molecule has 3 aromatic rings. The number of hydrogen-bond acceptors (Lipinski definition) is 8. The minimum atomic E-state index is -1.63. The first kappa shape index (κ1) is 24.9. The van der Waals surface area contributed by atoms with E-state index in [4.69, 9.17) is 14.2 Å². The van der Waals surface area contributed by atoms with Crippen LogP contribution in [0.2, 0.25) is 0 Å². The van der Waals surface area contributed by atoms with E-state index in [9.17, 15) is 24.6 Å². The summed E-state index contributed by atoms with van der Waals surface area (Å²) in [6, 6.07) is 12.7. The molecule has 5 rings (SSSR count). The summed E-state index contributed by atoms with van der Waals surface area (Å²) >= 11 is 0.